The van der Waals surface area contributed by atoms with Crippen molar-refractivity contribution in [1.82, 2.24) is 14.4 Å². The summed E-state index contributed by atoms with van der Waals surface area (Å²) < 4.78 is 41.6. The van der Waals surface area contributed by atoms with Crippen LogP contribution in [0.1, 0.15) is 53.4 Å². The van der Waals surface area contributed by atoms with Crippen molar-refractivity contribution in [2.75, 3.05) is 26.7 Å². The zero-order chi connectivity index (χ0) is 29.7. The molecule has 0 N–H and O–H groups in total. The van der Waals surface area contributed by atoms with Gasteiger partial charge in [0.25, 0.3) is 0 Å². The summed E-state index contributed by atoms with van der Waals surface area (Å²) in [6.45, 7) is 5.69. The van der Waals surface area contributed by atoms with E-state index in [1.165, 1.54) is 12.1 Å². The molecule has 0 spiro atoms. The van der Waals surface area contributed by atoms with E-state index < -0.39 is 11.7 Å². The van der Waals surface area contributed by atoms with Crippen LogP contribution in [-0.2, 0) is 28.7 Å². The highest BCUT2D eigenvalue weighted by atomic mass is 19.4. The van der Waals surface area contributed by atoms with Gasteiger partial charge in [-0.1, -0.05) is 48.5 Å². The van der Waals surface area contributed by atoms with Gasteiger partial charge in [0.1, 0.15) is 0 Å². The summed E-state index contributed by atoms with van der Waals surface area (Å²) in [4.78, 5) is 41.5. The largest absolute Gasteiger partial charge is 0.416 e. The first-order valence-electron chi connectivity index (χ1n) is 13.9. The number of hydrogen-bond donors (Lipinski definition) is 0. The summed E-state index contributed by atoms with van der Waals surface area (Å²) in [5, 5.41) is 0. The lowest BCUT2D eigenvalue weighted by molar-refractivity contribution is -0.139. The summed E-state index contributed by atoms with van der Waals surface area (Å²) in [5.41, 5.74) is 2.53. The maximum atomic E-state index is 13.3. The average molecular weight is 568 g/mol. The predicted molar refractivity (Wildman–Crippen MR) is 151 cm³/mol. The number of nitrogens with zero attached hydrogens (tertiary/aromatic N) is 3. The topological polar surface area (TPSA) is 62.6 Å². The summed E-state index contributed by atoms with van der Waals surface area (Å²) in [6, 6.07) is 16.3. The van der Waals surface area contributed by atoms with E-state index in [1.54, 1.807) is 23.8 Å². The van der Waals surface area contributed by atoms with E-state index in [4.69, 9.17) is 0 Å². The molecule has 9 heteroatoms. The zero-order valence-electron chi connectivity index (χ0n) is 23.7. The molecule has 2 aromatic carbocycles. The smallest absolute Gasteiger partial charge is 0.345 e. The van der Waals surface area contributed by atoms with Gasteiger partial charge >= 0.3 is 6.18 Å². The second kappa shape index (κ2) is 12.7. The normalized spacial score (nSPS) is 14.2. The van der Waals surface area contributed by atoms with E-state index in [0.29, 0.717) is 56.6 Å². The third kappa shape index (κ3) is 7.26. The number of ketones is 1. The molecule has 0 radical (unpaired) electrons. The first kappa shape index (κ1) is 30.1. The minimum Gasteiger partial charge on any atom is -0.345 e. The number of aromatic nitrogens is 1. The fourth-order valence-electron chi connectivity index (χ4n) is 5.53. The molecule has 0 bridgehead atoms. The SMILES string of the molecule is CC(=O)N1CCC(C(=O)N(C)CCCn2c(-c3ccccc3)cc(C(=O)Cc3cccc(C(F)(F)F)c3)c2C)CC1. The molecule has 1 aromatic heterocycles. The fourth-order valence-corrected chi connectivity index (χ4v) is 5.53. The van der Waals surface area contributed by atoms with Gasteiger partial charge < -0.3 is 14.4 Å². The molecule has 1 aliphatic rings. The second-order valence-electron chi connectivity index (χ2n) is 10.7. The minimum atomic E-state index is -4.47. The van der Waals surface area contributed by atoms with Crippen LogP contribution in [0.3, 0.4) is 0 Å². The minimum absolute atomic E-state index is 0.0354. The van der Waals surface area contributed by atoms with E-state index in [-0.39, 0.29) is 29.9 Å². The number of amides is 2. The number of carbonyl (C=O) groups is 3. The molecule has 41 heavy (non-hydrogen) atoms. The van der Waals surface area contributed by atoms with Crippen molar-refractivity contribution in [1.29, 1.82) is 0 Å². The van der Waals surface area contributed by atoms with Crippen molar-refractivity contribution in [3.05, 3.63) is 83.0 Å². The highest BCUT2D eigenvalue weighted by Gasteiger charge is 2.31. The number of hydrogen-bond acceptors (Lipinski definition) is 3. The molecule has 6 nitrogen and oxygen atoms in total. The standard InChI is InChI=1S/C32H36F3N3O3/c1-22-28(30(40)20-24-9-7-12-27(19-24)32(33,34)35)21-29(25-10-5-4-6-11-25)38(22)16-8-15-36(3)31(41)26-13-17-37(18-14-26)23(2)39/h4-7,9-12,19,21,26H,8,13-18,20H2,1-3H3. The Hall–Kier alpha value is -3.88. The number of likely N-dealkylation sites (tertiary alicyclic amines) is 1. The number of halogens is 3. The second-order valence-corrected chi connectivity index (χ2v) is 10.7. The highest BCUT2D eigenvalue weighted by Crippen LogP contribution is 2.31. The lowest BCUT2D eigenvalue weighted by atomic mass is 9.95. The molecule has 1 fully saturated rings. The molecule has 2 amide bonds. The number of carbonyl (C=O) groups excluding carboxylic acids is 3. The number of piperidine rings is 1. The maximum absolute atomic E-state index is 13.3. The molecule has 3 aromatic rings. The monoisotopic (exact) mass is 567 g/mol. The van der Waals surface area contributed by atoms with Crippen molar-refractivity contribution in [3.8, 4) is 11.3 Å². The van der Waals surface area contributed by atoms with Crippen LogP contribution in [0.4, 0.5) is 13.2 Å². The third-order valence-electron chi connectivity index (χ3n) is 7.90. The van der Waals surface area contributed by atoms with Crippen LogP contribution in [0.5, 0.6) is 0 Å². The molecular weight excluding hydrogens is 531 g/mol. The molecule has 0 unspecified atom stereocenters. The van der Waals surface area contributed by atoms with Crippen molar-refractivity contribution >= 4 is 17.6 Å². The molecule has 2 heterocycles. The van der Waals surface area contributed by atoms with Gasteiger partial charge in [0.2, 0.25) is 11.8 Å². The van der Waals surface area contributed by atoms with Crippen molar-refractivity contribution in [3.63, 3.8) is 0 Å². The lowest BCUT2D eigenvalue weighted by Gasteiger charge is -2.32. The Labute approximate surface area is 238 Å². The number of rotatable bonds is 9. The molecule has 0 aliphatic carbocycles. The molecule has 0 saturated carbocycles. The number of alkyl halides is 3. The van der Waals surface area contributed by atoms with Gasteiger partial charge in [0.05, 0.1) is 5.56 Å². The highest BCUT2D eigenvalue weighted by molar-refractivity contribution is 6.00. The lowest BCUT2D eigenvalue weighted by Crippen LogP contribution is -2.43. The van der Waals surface area contributed by atoms with Crippen LogP contribution < -0.4 is 0 Å². The Morgan fingerprint density at radius 3 is 2.29 bits per heavy atom. The van der Waals surface area contributed by atoms with Gasteiger partial charge in [-0.25, -0.2) is 0 Å². The number of benzene rings is 2. The van der Waals surface area contributed by atoms with Crippen LogP contribution in [0.2, 0.25) is 0 Å². The fraction of sp³-hybridized carbons (Fsp3) is 0.406. The molecule has 0 atom stereocenters. The van der Waals surface area contributed by atoms with Crippen LogP contribution in [0.25, 0.3) is 11.3 Å². The number of Topliss-reactive ketones (excluding diaryl/α,β-unsaturated/α-hetero) is 1. The van der Waals surface area contributed by atoms with E-state index in [1.807, 2.05) is 43.3 Å². The summed E-state index contributed by atoms with van der Waals surface area (Å²) in [7, 11) is 1.80. The van der Waals surface area contributed by atoms with Gasteiger partial charge in [-0.2, -0.15) is 13.2 Å². The van der Waals surface area contributed by atoms with Crippen LogP contribution in [0.15, 0.2) is 60.7 Å². The molecule has 1 saturated heterocycles. The van der Waals surface area contributed by atoms with Gasteiger partial charge in [-0.3, -0.25) is 14.4 Å². The van der Waals surface area contributed by atoms with Crippen molar-refractivity contribution in [2.45, 2.75) is 52.3 Å². The molecule has 218 valence electrons. The predicted octanol–water partition coefficient (Wildman–Crippen LogP) is 6.01. The van der Waals surface area contributed by atoms with Gasteiger partial charge in [0, 0.05) is 69.4 Å². The van der Waals surface area contributed by atoms with Crippen LogP contribution >= 0.6 is 0 Å². The van der Waals surface area contributed by atoms with E-state index in [0.717, 1.165) is 29.1 Å². The molecule has 1 aliphatic heterocycles. The quantitative estimate of drug-likeness (QED) is 0.298. The van der Waals surface area contributed by atoms with Gasteiger partial charge in [-0.05, 0) is 49.4 Å². The van der Waals surface area contributed by atoms with E-state index >= 15 is 0 Å². The Morgan fingerprint density at radius 2 is 1.66 bits per heavy atom. The van der Waals surface area contributed by atoms with Gasteiger partial charge in [0.15, 0.2) is 5.78 Å². The molecule has 4 rings (SSSR count). The zero-order valence-corrected chi connectivity index (χ0v) is 23.7. The Morgan fingerprint density at radius 1 is 0.976 bits per heavy atom. The van der Waals surface area contributed by atoms with Crippen LogP contribution in [0, 0.1) is 12.8 Å². The summed E-state index contributed by atoms with van der Waals surface area (Å²) in [6.07, 6.45) is -2.63. The Kier molecular flexibility index (Phi) is 9.35. The Balaban J connectivity index is 1.47. The van der Waals surface area contributed by atoms with E-state index in [9.17, 15) is 27.6 Å². The first-order chi connectivity index (χ1) is 19.5. The van der Waals surface area contributed by atoms with E-state index in [2.05, 4.69) is 4.57 Å². The van der Waals surface area contributed by atoms with Crippen molar-refractivity contribution in [2.24, 2.45) is 5.92 Å². The van der Waals surface area contributed by atoms with Crippen molar-refractivity contribution < 1.29 is 27.6 Å². The summed E-state index contributed by atoms with van der Waals surface area (Å²) in [5.74, 6) is -0.225. The van der Waals surface area contributed by atoms with Crippen LogP contribution in [-0.4, -0.2) is 58.6 Å². The third-order valence-corrected chi connectivity index (χ3v) is 7.90. The maximum Gasteiger partial charge on any atom is 0.416 e. The average Bonchev–Trinajstić information content (AvgIpc) is 3.28. The Bertz CT molecular complexity index is 1390. The summed E-state index contributed by atoms with van der Waals surface area (Å²) >= 11 is 0. The molecular formula is C32H36F3N3O3. The van der Waals surface area contributed by atoms with Gasteiger partial charge in [-0.15, -0.1) is 0 Å². The first-order valence-corrected chi connectivity index (χ1v) is 13.9.